The molecule has 0 aliphatic rings. The Hall–Kier alpha value is -1.14. The first kappa shape index (κ1) is 13.9. The molecule has 0 aliphatic carbocycles. The van der Waals surface area contributed by atoms with Crippen LogP contribution in [0.15, 0.2) is 0 Å². The Balaban J connectivity index is 4.18. The molecule has 0 radical (unpaired) electrons. The van der Waals surface area contributed by atoms with Gasteiger partial charge in [-0.1, -0.05) is 0 Å². The second-order valence-corrected chi connectivity index (χ2v) is 3.23. The minimum absolute atomic E-state index is 0.0261. The van der Waals surface area contributed by atoms with Gasteiger partial charge >= 0.3 is 11.9 Å². The van der Waals surface area contributed by atoms with Crippen LogP contribution in [0.25, 0.3) is 0 Å². The molecule has 1 unspecified atom stereocenters. The number of carboxylic acid groups (broad SMARTS) is 1. The summed E-state index contributed by atoms with van der Waals surface area (Å²) in [7, 11) is 1.40. The van der Waals surface area contributed by atoms with Crippen LogP contribution in [-0.2, 0) is 19.1 Å². The molecule has 0 aliphatic heterocycles. The molecule has 0 heterocycles. The number of carbonyl (C=O) groups excluding carboxylic acids is 1. The third kappa shape index (κ3) is 4.75. The number of aliphatic carboxylic acids is 1. The predicted molar refractivity (Wildman–Crippen MR) is 52.6 cm³/mol. The van der Waals surface area contributed by atoms with Crippen molar-refractivity contribution >= 4 is 11.9 Å². The molecule has 0 amide bonds. The number of carbonyl (C=O) groups is 2. The number of hydrogen-bond donors (Lipinski definition) is 2. The minimum Gasteiger partial charge on any atom is -0.480 e. The molecule has 0 spiro atoms. The first-order valence-corrected chi connectivity index (χ1v) is 4.59. The van der Waals surface area contributed by atoms with Crippen LogP contribution in [-0.4, -0.2) is 49.5 Å². The molecule has 1 atom stereocenters. The summed E-state index contributed by atoms with van der Waals surface area (Å²) in [6, 6.07) is 0. The number of methoxy groups -OCH3 is 1. The topological polar surface area (TPSA) is 84.9 Å². The lowest BCUT2D eigenvalue weighted by Gasteiger charge is -2.24. The second-order valence-electron chi connectivity index (χ2n) is 3.23. The number of hydrogen-bond acceptors (Lipinski definition) is 5. The van der Waals surface area contributed by atoms with Gasteiger partial charge in [-0.05, 0) is 13.8 Å². The highest BCUT2D eigenvalue weighted by Crippen LogP contribution is 2.03. The van der Waals surface area contributed by atoms with E-state index in [9.17, 15) is 9.59 Å². The summed E-state index contributed by atoms with van der Waals surface area (Å²) < 4.78 is 9.43. The monoisotopic (exact) mass is 219 g/mol. The quantitative estimate of drug-likeness (QED) is 0.568. The van der Waals surface area contributed by atoms with Crippen molar-refractivity contribution in [1.29, 1.82) is 0 Å². The summed E-state index contributed by atoms with van der Waals surface area (Å²) in [5.74, 6) is -1.56. The van der Waals surface area contributed by atoms with Gasteiger partial charge in [-0.3, -0.25) is 14.9 Å². The molecule has 0 aromatic heterocycles. The zero-order valence-corrected chi connectivity index (χ0v) is 9.20. The summed E-state index contributed by atoms with van der Waals surface area (Å²) in [5, 5.41) is 11.5. The van der Waals surface area contributed by atoms with Gasteiger partial charge in [0.1, 0.15) is 5.54 Å². The van der Waals surface area contributed by atoms with Gasteiger partial charge in [-0.2, -0.15) is 0 Å². The highest BCUT2D eigenvalue weighted by molar-refractivity contribution is 5.80. The molecule has 0 rings (SSSR count). The molecule has 6 heteroatoms. The first-order valence-electron chi connectivity index (χ1n) is 4.59. The van der Waals surface area contributed by atoms with Crippen molar-refractivity contribution in [3.63, 3.8) is 0 Å². The van der Waals surface area contributed by atoms with E-state index in [-0.39, 0.29) is 19.8 Å². The smallest absolute Gasteiger partial charge is 0.326 e. The van der Waals surface area contributed by atoms with Gasteiger partial charge in [0.15, 0.2) is 0 Å². The van der Waals surface area contributed by atoms with Gasteiger partial charge in [0.05, 0.1) is 19.8 Å². The molecule has 88 valence electrons. The van der Waals surface area contributed by atoms with Gasteiger partial charge in [-0.25, -0.2) is 0 Å². The van der Waals surface area contributed by atoms with Crippen molar-refractivity contribution < 1.29 is 24.2 Å². The lowest BCUT2D eigenvalue weighted by molar-refractivity contribution is -0.148. The van der Waals surface area contributed by atoms with E-state index >= 15 is 0 Å². The molecular formula is C9H17NO5. The van der Waals surface area contributed by atoms with Crippen molar-refractivity contribution in [2.75, 3.05) is 26.9 Å². The van der Waals surface area contributed by atoms with Crippen LogP contribution < -0.4 is 5.32 Å². The van der Waals surface area contributed by atoms with Crippen molar-refractivity contribution in [2.45, 2.75) is 19.4 Å². The average molecular weight is 219 g/mol. The Morgan fingerprint density at radius 1 is 1.47 bits per heavy atom. The van der Waals surface area contributed by atoms with E-state index in [0.717, 1.165) is 0 Å². The van der Waals surface area contributed by atoms with E-state index in [1.165, 1.54) is 14.0 Å². The van der Waals surface area contributed by atoms with Gasteiger partial charge < -0.3 is 14.6 Å². The summed E-state index contributed by atoms with van der Waals surface area (Å²) in [6.07, 6.45) is 0. The lowest BCUT2D eigenvalue weighted by atomic mass is 10.0. The molecule has 0 saturated heterocycles. The number of rotatable bonds is 7. The van der Waals surface area contributed by atoms with Crippen LogP contribution in [0.3, 0.4) is 0 Å². The van der Waals surface area contributed by atoms with Crippen LogP contribution in [0.2, 0.25) is 0 Å². The summed E-state index contributed by atoms with van der Waals surface area (Å²) in [4.78, 5) is 21.9. The van der Waals surface area contributed by atoms with E-state index in [4.69, 9.17) is 9.84 Å². The molecule has 0 fully saturated rings. The largest absolute Gasteiger partial charge is 0.480 e. The summed E-state index contributed by atoms with van der Waals surface area (Å²) in [5.41, 5.74) is -1.28. The van der Waals surface area contributed by atoms with E-state index in [1.54, 1.807) is 6.92 Å². The Bertz CT molecular complexity index is 231. The molecule has 15 heavy (non-hydrogen) atoms. The SMILES string of the molecule is CCOC(=O)CNC(C)(COC)C(=O)O. The van der Waals surface area contributed by atoms with Crippen molar-refractivity contribution in [3.05, 3.63) is 0 Å². The molecular weight excluding hydrogens is 202 g/mol. The Morgan fingerprint density at radius 2 is 2.07 bits per heavy atom. The molecule has 6 nitrogen and oxygen atoms in total. The van der Waals surface area contributed by atoms with Crippen LogP contribution in [0, 0.1) is 0 Å². The van der Waals surface area contributed by atoms with E-state index in [0.29, 0.717) is 0 Å². The number of ether oxygens (including phenoxy) is 2. The minimum atomic E-state index is -1.28. The average Bonchev–Trinajstić information content (AvgIpc) is 2.15. The maximum Gasteiger partial charge on any atom is 0.326 e. The Labute approximate surface area is 88.6 Å². The fourth-order valence-electron chi connectivity index (χ4n) is 0.956. The highest BCUT2D eigenvalue weighted by Gasteiger charge is 2.33. The third-order valence-electron chi connectivity index (χ3n) is 1.83. The second kappa shape index (κ2) is 6.36. The fraction of sp³-hybridized carbons (Fsp3) is 0.778. The number of carboxylic acids is 1. The first-order chi connectivity index (χ1) is 6.96. The maximum atomic E-state index is 11.0. The van der Waals surface area contributed by atoms with E-state index in [2.05, 4.69) is 10.1 Å². The van der Waals surface area contributed by atoms with Crippen LogP contribution in [0.4, 0.5) is 0 Å². The summed E-state index contributed by atoms with van der Waals surface area (Å²) in [6.45, 7) is 3.22. The van der Waals surface area contributed by atoms with Crippen LogP contribution in [0.1, 0.15) is 13.8 Å². The highest BCUT2D eigenvalue weighted by atomic mass is 16.5. The lowest BCUT2D eigenvalue weighted by Crippen LogP contribution is -2.54. The zero-order valence-electron chi connectivity index (χ0n) is 9.20. The fourth-order valence-corrected chi connectivity index (χ4v) is 0.956. The van der Waals surface area contributed by atoms with Crippen molar-refractivity contribution in [3.8, 4) is 0 Å². The van der Waals surface area contributed by atoms with Gasteiger partial charge in [-0.15, -0.1) is 0 Å². The normalized spacial score (nSPS) is 14.3. The van der Waals surface area contributed by atoms with Crippen LogP contribution >= 0.6 is 0 Å². The van der Waals surface area contributed by atoms with Gasteiger partial charge in [0.2, 0.25) is 0 Å². The predicted octanol–water partition coefficient (Wildman–Crippen LogP) is -0.371. The van der Waals surface area contributed by atoms with Gasteiger partial charge in [0.25, 0.3) is 0 Å². The standard InChI is InChI=1S/C9H17NO5/c1-4-15-7(11)5-10-9(2,6-14-3)8(12)13/h10H,4-6H2,1-3H3,(H,12,13). The maximum absolute atomic E-state index is 11.0. The molecule has 0 bridgehead atoms. The van der Waals surface area contributed by atoms with Crippen molar-refractivity contribution in [2.24, 2.45) is 0 Å². The molecule has 0 saturated carbocycles. The van der Waals surface area contributed by atoms with E-state index in [1.807, 2.05) is 0 Å². The number of nitrogens with one attached hydrogen (secondary N) is 1. The Morgan fingerprint density at radius 3 is 2.47 bits per heavy atom. The zero-order chi connectivity index (χ0) is 11.9. The molecule has 2 N–H and O–H groups in total. The molecule has 0 aromatic rings. The number of esters is 1. The third-order valence-corrected chi connectivity index (χ3v) is 1.83. The van der Waals surface area contributed by atoms with Crippen molar-refractivity contribution in [1.82, 2.24) is 5.32 Å². The van der Waals surface area contributed by atoms with E-state index < -0.39 is 17.5 Å². The Kier molecular flexibility index (Phi) is 5.88. The summed E-state index contributed by atoms with van der Waals surface area (Å²) >= 11 is 0. The van der Waals surface area contributed by atoms with Crippen LogP contribution in [0.5, 0.6) is 0 Å². The molecule has 0 aromatic carbocycles. The van der Waals surface area contributed by atoms with Gasteiger partial charge in [0, 0.05) is 7.11 Å².